The Morgan fingerprint density at radius 3 is 2.28 bits per heavy atom. The number of fused-ring (bicyclic) bond motifs is 3. The van der Waals surface area contributed by atoms with Crippen molar-refractivity contribution >= 4 is 47.2 Å². The molecule has 0 aliphatic carbocycles. The number of hydrogen-bond acceptors (Lipinski definition) is 9. The first kappa shape index (κ1) is 41.9. The predicted molar refractivity (Wildman–Crippen MR) is 203 cm³/mol. The molecule has 1 aromatic heterocycles. The van der Waals surface area contributed by atoms with Crippen molar-refractivity contribution in [3.63, 3.8) is 0 Å². The number of ether oxygens (including phenoxy) is 1. The lowest BCUT2D eigenvalue weighted by atomic mass is 9.99. The number of carbonyl (C=O) groups excluding carboxylic acids is 7. The Morgan fingerprint density at radius 1 is 0.879 bits per heavy atom. The Balaban J connectivity index is 1.34. The number of pyridine rings is 1. The van der Waals surface area contributed by atoms with E-state index in [1.165, 1.54) is 34.7 Å². The number of amides is 7. The van der Waals surface area contributed by atoms with Crippen molar-refractivity contribution in [2.45, 2.75) is 115 Å². The van der Waals surface area contributed by atoms with Crippen LogP contribution < -0.4 is 21.3 Å². The molecular weight excluding hydrogens is 758 g/mol. The Morgan fingerprint density at radius 2 is 1.57 bits per heavy atom. The molecule has 4 aliphatic rings. The van der Waals surface area contributed by atoms with E-state index in [0.717, 1.165) is 12.1 Å². The van der Waals surface area contributed by atoms with Crippen molar-refractivity contribution in [2.24, 2.45) is 5.92 Å². The van der Waals surface area contributed by atoms with E-state index in [1.54, 1.807) is 19.1 Å². The molecule has 4 fully saturated rings. The molecule has 0 bridgehead atoms. The highest BCUT2D eigenvalue weighted by atomic mass is 19.1. The van der Waals surface area contributed by atoms with Crippen LogP contribution in [-0.2, 0) is 39.9 Å². The summed E-state index contributed by atoms with van der Waals surface area (Å²) in [6.07, 6.45) is 2.16. The summed E-state index contributed by atoms with van der Waals surface area (Å²) in [5, 5.41) is 10.5. The van der Waals surface area contributed by atoms with Crippen LogP contribution >= 0.6 is 0 Å². The van der Waals surface area contributed by atoms with E-state index in [9.17, 15) is 42.3 Å². The molecule has 1 aromatic carbocycles. The third kappa shape index (κ3) is 9.53. The van der Waals surface area contributed by atoms with Crippen molar-refractivity contribution in [3.05, 3.63) is 59.4 Å². The molecule has 4 aliphatic heterocycles. The summed E-state index contributed by atoms with van der Waals surface area (Å²) in [6.45, 7) is 7.10. The number of cyclic esters (lactones) is 1. The van der Waals surface area contributed by atoms with Gasteiger partial charge < -0.3 is 40.7 Å². The maximum absolute atomic E-state index is 14.7. The molecule has 5 heterocycles. The topological polar surface area (TPSA) is 199 Å². The number of anilines is 1. The van der Waals surface area contributed by atoms with Gasteiger partial charge in [0.15, 0.2) is 0 Å². The van der Waals surface area contributed by atoms with Crippen LogP contribution in [0.15, 0.2) is 36.5 Å². The second-order valence-corrected chi connectivity index (χ2v) is 15.8. The van der Waals surface area contributed by atoms with Crippen LogP contribution in [0, 0.1) is 24.5 Å². The first-order chi connectivity index (χ1) is 27.6. The lowest BCUT2D eigenvalue weighted by Gasteiger charge is -2.39. The van der Waals surface area contributed by atoms with E-state index >= 15 is 0 Å². The third-order valence-corrected chi connectivity index (χ3v) is 11.2. The summed E-state index contributed by atoms with van der Waals surface area (Å²) in [6, 6.07) is -2.14. The van der Waals surface area contributed by atoms with E-state index in [1.807, 2.05) is 6.92 Å². The number of aromatic nitrogens is 1. The van der Waals surface area contributed by atoms with Gasteiger partial charge in [-0.05, 0) is 95.0 Å². The number of benzene rings is 1. The predicted octanol–water partition coefficient (Wildman–Crippen LogP) is 1.94. The quantitative estimate of drug-likeness (QED) is 0.315. The van der Waals surface area contributed by atoms with E-state index in [-0.39, 0.29) is 49.6 Å². The molecule has 0 spiro atoms. The third-order valence-electron chi connectivity index (χ3n) is 11.2. The van der Waals surface area contributed by atoms with Gasteiger partial charge in [0.25, 0.3) is 0 Å². The number of carbonyl (C=O) groups is 7. The van der Waals surface area contributed by atoms with E-state index < -0.39 is 102 Å². The van der Waals surface area contributed by atoms with Crippen LogP contribution in [0.1, 0.15) is 70.6 Å². The fourth-order valence-corrected chi connectivity index (χ4v) is 8.26. The summed E-state index contributed by atoms with van der Waals surface area (Å²) < 4.78 is 34.5. The van der Waals surface area contributed by atoms with Gasteiger partial charge in [-0.2, -0.15) is 0 Å². The number of nitrogens with zero attached hydrogens (tertiary/aromatic N) is 4. The SMILES string of the molecule is Cc1ccc(NC(=O)N[C@@H](Cc2cc(F)cc(F)c2)C(=O)N[C@@H]2C(=O)N3CCC[C@H]3C(=O)N3CCCC[C@H]3C(=O)N[C@@H](C)C(=O)N3C[C@@H](C)C[C@H]3C(=O)O[C@H]2C)cn1. The Kier molecular flexibility index (Phi) is 12.9. The molecule has 0 saturated carbocycles. The Bertz CT molecular complexity index is 1910. The van der Waals surface area contributed by atoms with Gasteiger partial charge in [0.2, 0.25) is 29.5 Å². The zero-order chi connectivity index (χ0) is 41.8. The molecule has 58 heavy (non-hydrogen) atoms. The maximum atomic E-state index is 14.7. The summed E-state index contributed by atoms with van der Waals surface area (Å²) in [4.78, 5) is 106. The van der Waals surface area contributed by atoms with E-state index in [2.05, 4.69) is 26.3 Å². The number of nitrogens with one attached hydrogen (secondary N) is 4. The van der Waals surface area contributed by atoms with Crippen LogP contribution in [-0.4, -0.2) is 123 Å². The van der Waals surface area contributed by atoms with Crippen LogP contribution in [0.4, 0.5) is 19.3 Å². The molecule has 0 radical (unpaired) electrons. The molecule has 4 N–H and O–H groups in total. The Hall–Kier alpha value is -5.68. The minimum absolute atomic E-state index is 0.0124. The zero-order valence-electron chi connectivity index (χ0n) is 33.0. The summed E-state index contributed by atoms with van der Waals surface area (Å²) in [5.41, 5.74) is 0.983. The van der Waals surface area contributed by atoms with Crippen LogP contribution in [0.25, 0.3) is 0 Å². The van der Waals surface area contributed by atoms with Crippen LogP contribution in [0.3, 0.4) is 0 Å². The number of hydrogen-bond donors (Lipinski definition) is 4. The number of urea groups is 1. The number of piperidine rings is 1. The van der Waals surface area contributed by atoms with Crippen LogP contribution in [0.2, 0.25) is 0 Å². The molecular formula is C40H50F2N8O8. The first-order valence-corrected chi connectivity index (χ1v) is 19.8. The maximum Gasteiger partial charge on any atom is 0.329 e. The van der Waals surface area contributed by atoms with Gasteiger partial charge in [0.05, 0.1) is 11.9 Å². The van der Waals surface area contributed by atoms with Gasteiger partial charge in [-0.15, -0.1) is 0 Å². The summed E-state index contributed by atoms with van der Waals surface area (Å²) >= 11 is 0. The molecule has 312 valence electrons. The van der Waals surface area contributed by atoms with Crippen LogP contribution in [0.5, 0.6) is 0 Å². The highest BCUT2D eigenvalue weighted by Crippen LogP contribution is 2.29. The fourth-order valence-electron chi connectivity index (χ4n) is 8.26. The van der Waals surface area contributed by atoms with Gasteiger partial charge in [-0.25, -0.2) is 18.4 Å². The van der Waals surface area contributed by atoms with Crippen molar-refractivity contribution in [1.82, 2.24) is 35.6 Å². The largest absolute Gasteiger partial charge is 0.458 e. The summed E-state index contributed by atoms with van der Waals surface area (Å²) in [5.74, 6) is -6.01. The number of aryl methyl sites for hydroxylation is 1. The molecule has 18 heteroatoms. The minimum atomic E-state index is -1.63. The summed E-state index contributed by atoms with van der Waals surface area (Å²) in [7, 11) is 0. The standard InChI is InChI=1S/C40H50F2N8O8/c1-21-14-32-39(56)58-24(4)33(47-34(51)29(17-25-15-26(41)18-27(42)16-25)46-40(57)45-28-11-10-22(2)43-19-28)38(55)49-13-7-9-31(49)37(54)48-12-6-5-8-30(48)35(52)44-23(3)36(53)50(32)20-21/h10-11,15-16,18-19,21,23-24,29-33H,5-9,12-14,17,20H2,1-4H3,(H,44,52)(H,47,51)(H2,45,46,57)/t21-,23-,24-,29-,30-,31-,32-,33-/m0/s1. The lowest BCUT2D eigenvalue weighted by molar-refractivity contribution is -0.163. The van der Waals surface area contributed by atoms with Gasteiger partial charge >= 0.3 is 12.0 Å². The number of rotatable bonds is 6. The minimum Gasteiger partial charge on any atom is -0.458 e. The fraction of sp³-hybridized carbons (Fsp3) is 0.550. The average Bonchev–Trinajstić information content (AvgIpc) is 3.83. The smallest absolute Gasteiger partial charge is 0.329 e. The normalized spacial score (nSPS) is 27.5. The van der Waals surface area contributed by atoms with E-state index in [0.29, 0.717) is 37.4 Å². The van der Waals surface area contributed by atoms with Gasteiger partial charge in [-0.3, -0.25) is 29.0 Å². The number of esters is 1. The van der Waals surface area contributed by atoms with Crippen molar-refractivity contribution in [3.8, 4) is 0 Å². The monoisotopic (exact) mass is 808 g/mol. The zero-order valence-corrected chi connectivity index (χ0v) is 33.0. The number of halogens is 2. The second kappa shape index (κ2) is 17.9. The van der Waals surface area contributed by atoms with Crippen molar-refractivity contribution in [1.29, 1.82) is 0 Å². The molecule has 16 nitrogen and oxygen atoms in total. The van der Waals surface area contributed by atoms with Crippen molar-refractivity contribution < 1.29 is 47.1 Å². The molecule has 0 unspecified atom stereocenters. The van der Waals surface area contributed by atoms with Gasteiger partial charge in [0, 0.05) is 37.8 Å². The highest BCUT2D eigenvalue weighted by Gasteiger charge is 2.47. The van der Waals surface area contributed by atoms with Crippen molar-refractivity contribution in [2.75, 3.05) is 25.0 Å². The molecule has 8 atom stereocenters. The Labute approximate surface area is 334 Å². The molecule has 7 amide bonds. The lowest BCUT2D eigenvalue weighted by Crippen LogP contribution is -2.63. The molecule has 4 saturated heterocycles. The van der Waals surface area contributed by atoms with E-state index in [4.69, 9.17) is 4.74 Å². The molecule has 6 rings (SSSR count). The molecule has 2 aromatic rings. The second-order valence-electron chi connectivity index (χ2n) is 15.8. The van der Waals surface area contributed by atoms with Gasteiger partial charge in [0.1, 0.15) is 54.0 Å². The van der Waals surface area contributed by atoms with Gasteiger partial charge in [-0.1, -0.05) is 6.92 Å². The highest BCUT2D eigenvalue weighted by molar-refractivity contribution is 5.98. The first-order valence-electron chi connectivity index (χ1n) is 19.8. The average molecular weight is 809 g/mol.